The minimum absolute atomic E-state index is 0.193. The molecule has 1 aliphatic rings. The number of benzene rings is 1. The number of nitrogens with two attached hydrogens (primary N) is 2. The Morgan fingerprint density at radius 1 is 1.19 bits per heavy atom. The van der Waals surface area contributed by atoms with E-state index in [1.165, 1.54) is 6.07 Å². The minimum atomic E-state index is -3.71. The molecule has 1 aromatic carbocycles. The van der Waals surface area contributed by atoms with Gasteiger partial charge >= 0.3 is 0 Å². The van der Waals surface area contributed by atoms with Crippen LogP contribution in [0, 0.1) is 0 Å². The summed E-state index contributed by atoms with van der Waals surface area (Å²) in [6.07, 6.45) is 5.86. The maximum atomic E-state index is 12.9. The van der Waals surface area contributed by atoms with Crippen molar-refractivity contribution >= 4 is 27.0 Å². The quantitative estimate of drug-likeness (QED) is 0.671. The monoisotopic (exact) mass is 408 g/mol. The first-order chi connectivity index (χ1) is 12.5. The molecule has 8 heteroatoms. The molecule has 0 aliphatic heterocycles. The number of aromatic nitrogens is 1. The molecular formula is C19H28N4O2S2. The Balaban J connectivity index is 1.96. The smallest absolute Gasteiger partial charge is 0.241 e. The van der Waals surface area contributed by atoms with Crippen LogP contribution in [0.2, 0.25) is 0 Å². The molecule has 0 amide bonds. The third-order valence-corrected chi connectivity index (χ3v) is 7.64. The van der Waals surface area contributed by atoms with Crippen molar-refractivity contribution in [3.63, 3.8) is 0 Å². The molecule has 0 atom stereocenters. The topological polar surface area (TPSA) is 111 Å². The van der Waals surface area contributed by atoms with Crippen LogP contribution >= 0.6 is 11.3 Å². The molecule has 2 aromatic rings. The molecular weight excluding hydrogens is 380 g/mol. The van der Waals surface area contributed by atoms with E-state index in [1.807, 2.05) is 20.8 Å². The number of hydrogen-bond donors (Lipinski definition) is 3. The number of nitrogen functional groups attached to an aromatic ring is 1. The summed E-state index contributed by atoms with van der Waals surface area (Å²) in [5, 5.41) is 1.06. The molecule has 1 heterocycles. The molecule has 0 saturated heterocycles. The lowest BCUT2D eigenvalue weighted by atomic mass is 9.87. The predicted molar refractivity (Wildman–Crippen MR) is 111 cm³/mol. The van der Waals surface area contributed by atoms with Crippen molar-refractivity contribution in [2.24, 2.45) is 5.73 Å². The van der Waals surface area contributed by atoms with Gasteiger partial charge in [0.05, 0.1) is 14.8 Å². The van der Waals surface area contributed by atoms with Gasteiger partial charge in [0.2, 0.25) is 10.0 Å². The van der Waals surface area contributed by atoms with Gasteiger partial charge in [-0.2, -0.15) is 0 Å². The van der Waals surface area contributed by atoms with E-state index in [-0.39, 0.29) is 10.9 Å². The fraction of sp³-hybridized carbons (Fsp3) is 0.526. The van der Waals surface area contributed by atoms with Crippen LogP contribution in [0.25, 0.3) is 10.4 Å². The van der Waals surface area contributed by atoms with E-state index in [2.05, 4.69) is 9.71 Å². The van der Waals surface area contributed by atoms with Crippen molar-refractivity contribution < 1.29 is 8.42 Å². The molecule has 0 spiro atoms. The zero-order valence-electron chi connectivity index (χ0n) is 16.0. The second kappa shape index (κ2) is 7.50. The lowest BCUT2D eigenvalue weighted by Gasteiger charge is -2.24. The maximum absolute atomic E-state index is 12.9. The number of sulfonamides is 1. The van der Waals surface area contributed by atoms with Crippen LogP contribution < -0.4 is 16.2 Å². The first-order valence-electron chi connectivity index (χ1n) is 9.20. The molecule has 1 fully saturated rings. The summed E-state index contributed by atoms with van der Waals surface area (Å²) in [5.74, 6) is 0.407. The molecule has 1 aliphatic carbocycles. The summed E-state index contributed by atoms with van der Waals surface area (Å²) in [6.45, 7) is 5.44. The lowest BCUT2D eigenvalue weighted by Crippen LogP contribution is -2.40. The standard InChI is InChI=1S/C19H28N4O2S2/c1-19(2,3)23-27(24,25)17-10-14(21)8-9-15(17)16-11-22-18(26-16)12-4-6-13(20)7-5-12/h8-13,23H,4-7,20-21H2,1-3H3. The van der Waals surface area contributed by atoms with Crippen LogP contribution in [0.3, 0.4) is 0 Å². The summed E-state index contributed by atoms with van der Waals surface area (Å²) in [4.78, 5) is 5.63. The van der Waals surface area contributed by atoms with Crippen LogP contribution in [0.1, 0.15) is 57.4 Å². The van der Waals surface area contributed by atoms with Crippen LogP contribution in [0.4, 0.5) is 5.69 Å². The average molecular weight is 409 g/mol. The molecule has 148 valence electrons. The SMILES string of the molecule is CC(C)(C)NS(=O)(=O)c1cc(N)ccc1-c1cnc(C2CCC(N)CC2)s1. The summed E-state index contributed by atoms with van der Waals surface area (Å²) in [7, 11) is -3.71. The van der Waals surface area contributed by atoms with Crippen molar-refractivity contribution in [1.82, 2.24) is 9.71 Å². The van der Waals surface area contributed by atoms with E-state index in [0.29, 0.717) is 17.2 Å². The van der Waals surface area contributed by atoms with Gasteiger partial charge in [0.15, 0.2) is 0 Å². The Hall–Kier alpha value is -1.48. The van der Waals surface area contributed by atoms with Crippen LogP contribution in [-0.4, -0.2) is 25.0 Å². The van der Waals surface area contributed by atoms with Crippen molar-refractivity contribution in [2.45, 2.75) is 68.8 Å². The largest absolute Gasteiger partial charge is 0.399 e. The van der Waals surface area contributed by atoms with E-state index in [1.54, 1.807) is 29.7 Å². The fourth-order valence-corrected chi connectivity index (χ4v) is 6.26. The number of nitrogens with one attached hydrogen (secondary N) is 1. The van der Waals surface area contributed by atoms with E-state index >= 15 is 0 Å². The van der Waals surface area contributed by atoms with Crippen LogP contribution in [-0.2, 0) is 10.0 Å². The first kappa shape index (κ1) is 20.3. The Labute approximate surface area is 165 Å². The first-order valence-corrected chi connectivity index (χ1v) is 11.5. The Morgan fingerprint density at radius 3 is 2.48 bits per heavy atom. The summed E-state index contributed by atoms with van der Waals surface area (Å²) in [5.41, 5.74) is 12.4. The Bertz CT molecular complexity index is 908. The maximum Gasteiger partial charge on any atom is 0.241 e. The van der Waals surface area contributed by atoms with Crippen LogP contribution in [0.15, 0.2) is 29.3 Å². The van der Waals surface area contributed by atoms with Gasteiger partial charge in [-0.05, 0) is 58.6 Å². The highest BCUT2D eigenvalue weighted by Crippen LogP contribution is 2.39. The summed E-state index contributed by atoms with van der Waals surface area (Å²) < 4.78 is 28.6. The van der Waals surface area contributed by atoms with E-state index < -0.39 is 15.6 Å². The normalized spacial score (nSPS) is 21.3. The van der Waals surface area contributed by atoms with Gasteiger partial charge in [0.1, 0.15) is 0 Å². The highest BCUT2D eigenvalue weighted by atomic mass is 32.2. The Morgan fingerprint density at radius 2 is 1.85 bits per heavy atom. The molecule has 0 radical (unpaired) electrons. The third-order valence-electron chi connectivity index (χ3n) is 4.65. The molecule has 1 saturated carbocycles. The van der Waals surface area contributed by atoms with E-state index in [9.17, 15) is 8.42 Å². The molecule has 3 rings (SSSR count). The van der Waals surface area contributed by atoms with Gasteiger partial charge in [-0.15, -0.1) is 11.3 Å². The number of hydrogen-bond acceptors (Lipinski definition) is 6. The predicted octanol–water partition coefficient (Wildman–Crippen LogP) is 3.45. The van der Waals surface area contributed by atoms with Gasteiger partial charge in [0, 0.05) is 34.9 Å². The number of nitrogens with zero attached hydrogens (tertiary/aromatic N) is 1. The molecule has 0 unspecified atom stereocenters. The highest BCUT2D eigenvalue weighted by molar-refractivity contribution is 7.89. The molecule has 5 N–H and O–H groups in total. The van der Waals surface area contributed by atoms with E-state index in [0.717, 1.165) is 35.6 Å². The van der Waals surface area contributed by atoms with Gasteiger partial charge in [-0.1, -0.05) is 6.07 Å². The van der Waals surface area contributed by atoms with Gasteiger partial charge in [-0.3, -0.25) is 0 Å². The lowest BCUT2D eigenvalue weighted by molar-refractivity contribution is 0.395. The number of rotatable bonds is 4. The van der Waals surface area contributed by atoms with Crippen molar-refractivity contribution in [1.29, 1.82) is 0 Å². The number of thiazole rings is 1. The van der Waals surface area contributed by atoms with Crippen molar-refractivity contribution in [3.05, 3.63) is 29.4 Å². The summed E-state index contributed by atoms with van der Waals surface area (Å²) >= 11 is 1.56. The van der Waals surface area contributed by atoms with E-state index in [4.69, 9.17) is 11.5 Å². The summed E-state index contributed by atoms with van der Waals surface area (Å²) in [6, 6.07) is 5.30. The van der Waals surface area contributed by atoms with Gasteiger partial charge < -0.3 is 11.5 Å². The highest BCUT2D eigenvalue weighted by Gasteiger charge is 2.27. The molecule has 27 heavy (non-hydrogen) atoms. The molecule has 0 bridgehead atoms. The molecule has 1 aromatic heterocycles. The van der Waals surface area contributed by atoms with Gasteiger partial charge in [0.25, 0.3) is 0 Å². The third kappa shape index (κ3) is 4.87. The second-order valence-corrected chi connectivity index (χ2v) is 11.0. The minimum Gasteiger partial charge on any atom is -0.399 e. The van der Waals surface area contributed by atoms with Gasteiger partial charge in [-0.25, -0.2) is 18.1 Å². The molecule has 6 nitrogen and oxygen atoms in total. The van der Waals surface area contributed by atoms with Crippen molar-refractivity contribution in [2.75, 3.05) is 5.73 Å². The zero-order chi connectivity index (χ0) is 19.8. The van der Waals surface area contributed by atoms with Crippen molar-refractivity contribution in [3.8, 4) is 10.4 Å². The zero-order valence-corrected chi connectivity index (χ0v) is 17.7. The average Bonchev–Trinajstić information content (AvgIpc) is 3.03. The Kier molecular flexibility index (Phi) is 5.63. The second-order valence-electron chi connectivity index (χ2n) is 8.29. The number of anilines is 1. The van der Waals surface area contributed by atoms with Crippen LogP contribution in [0.5, 0.6) is 0 Å². The fourth-order valence-electron chi connectivity index (χ4n) is 3.39.